The van der Waals surface area contributed by atoms with Gasteiger partial charge in [0.15, 0.2) is 6.29 Å². The molecule has 15 unspecified atom stereocenters. The predicted molar refractivity (Wildman–Crippen MR) is 168 cm³/mol. The molecule has 1 aliphatic heterocycles. The summed E-state index contributed by atoms with van der Waals surface area (Å²) >= 11 is 0. The van der Waals surface area contributed by atoms with Crippen LogP contribution in [0.15, 0.2) is 11.6 Å². The Morgan fingerprint density at radius 1 is 0.891 bits per heavy atom. The van der Waals surface area contributed by atoms with Crippen LogP contribution in [-0.4, -0.2) is 97.3 Å². The van der Waals surface area contributed by atoms with Gasteiger partial charge < -0.3 is 45.2 Å². The summed E-state index contributed by atoms with van der Waals surface area (Å²) in [6, 6.07) is 0. The molecule has 0 aromatic carbocycles. The third-order valence-corrected chi connectivity index (χ3v) is 15.3. The topological polar surface area (TPSA) is 177 Å². The summed E-state index contributed by atoms with van der Waals surface area (Å²) in [6.45, 7) is 14.8. The Bertz CT molecular complexity index is 1250. The van der Waals surface area contributed by atoms with Gasteiger partial charge in [-0.1, -0.05) is 60.1 Å². The van der Waals surface area contributed by atoms with Gasteiger partial charge in [0.1, 0.15) is 24.4 Å². The Hall–Kier alpha value is -1.11. The zero-order valence-corrected chi connectivity index (χ0v) is 28.6. The summed E-state index contributed by atoms with van der Waals surface area (Å²) in [5.41, 5.74) is -1.30. The second kappa shape index (κ2) is 10.9. The average Bonchev–Trinajstić information content (AvgIpc) is 2.96. The minimum atomic E-state index is -1.57. The second-order valence-corrected chi connectivity index (χ2v) is 18.1. The summed E-state index contributed by atoms with van der Waals surface area (Å²) in [4.78, 5) is 13.4. The number of rotatable bonds is 4. The third kappa shape index (κ3) is 4.53. The Labute approximate surface area is 273 Å². The molecule has 0 bridgehead atoms. The SMILES string of the molecule is CC1(C)CC2C3=CCC4C5(C)CC(O)C(O)C(C)(C)C5CCC4(C)C3(C)CCC2(C(=O)O)CC1OC1OC(CO)C(O)C(O)C1O. The number of hydrogen-bond acceptors (Lipinski definition) is 9. The molecule has 5 fully saturated rings. The minimum absolute atomic E-state index is 0.112. The van der Waals surface area contributed by atoms with Crippen LogP contribution in [0.5, 0.6) is 0 Å². The average molecular weight is 651 g/mol. The van der Waals surface area contributed by atoms with Crippen LogP contribution in [0.3, 0.4) is 0 Å². The lowest BCUT2D eigenvalue weighted by Gasteiger charge is -2.71. The number of carboxylic acid groups (broad SMARTS) is 1. The van der Waals surface area contributed by atoms with Crippen LogP contribution in [0.2, 0.25) is 0 Å². The number of carbonyl (C=O) groups is 1. The van der Waals surface area contributed by atoms with Crippen molar-refractivity contribution in [3.63, 3.8) is 0 Å². The molecule has 46 heavy (non-hydrogen) atoms. The highest BCUT2D eigenvalue weighted by Gasteiger charge is 2.71. The van der Waals surface area contributed by atoms with Crippen molar-refractivity contribution in [1.29, 1.82) is 0 Å². The zero-order chi connectivity index (χ0) is 34.0. The predicted octanol–water partition coefficient (Wildman–Crippen LogP) is 3.00. The summed E-state index contributed by atoms with van der Waals surface area (Å²) < 4.78 is 12.0. The fourth-order valence-electron chi connectivity index (χ4n) is 12.3. The molecule has 0 amide bonds. The fraction of sp³-hybridized carbons (Fsp3) is 0.917. The number of ether oxygens (including phenoxy) is 2. The van der Waals surface area contributed by atoms with Gasteiger partial charge in [-0.2, -0.15) is 0 Å². The van der Waals surface area contributed by atoms with Crippen LogP contribution in [0.4, 0.5) is 0 Å². The smallest absolute Gasteiger partial charge is 0.310 e. The third-order valence-electron chi connectivity index (χ3n) is 15.3. The second-order valence-electron chi connectivity index (χ2n) is 18.1. The van der Waals surface area contributed by atoms with Gasteiger partial charge in [0.2, 0.25) is 0 Å². The van der Waals surface area contributed by atoms with Crippen LogP contribution in [0, 0.1) is 50.2 Å². The molecule has 6 aliphatic rings. The Morgan fingerprint density at radius 3 is 2.20 bits per heavy atom. The van der Waals surface area contributed by atoms with Crippen molar-refractivity contribution in [3.05, 3.63) is 11.6 Å². The number of aliphatic carboxylic acids is 1. The van der Waals surface area contributed by atoms with Crippen LogP contribution >= 0.6 is 0 Å². The van der Waals surface area contributed by atoms with Crippen molar-refractivity contribution < 1.29 is 50.0 Å². The number of carboxylic acids is 1. The van der Waals surface area contributed by atoms with Gasteiger partial charge in [-0.15, -0.1) is 0 Å². The molecule has 6 rings (SSSR count). The van der Waals surface area contributed by atoms with Gasteiger partial charge in [0.25, 0.3) is 0 Å². The number of hydrogen-bond donors (Lipinski definition) is 7. The van der Waals surface area contributed by atoms with Gasteiger partial charge in [-0.05, 0) is 96.2 Å². The molecular formula is C36H58O10. The summed E-state index contributed by atoms with van der Waals surface area (Å²) in [5, 5.41) is 74.2. The van der Waals surface area contributed by atoms with Gasteiger partial charge in [0.05, 0.1) is 30.3 Å². The summed E-state index contributed by atoms with van der Waals surface area (Å²) in [5.74, 6) is -0.518. The van der Waals surface area contributed by atoms with Crippen molar-refractivity contribution in [3.8, 4) is 0 Å². The maximum atomic E-state index is 13.4. The molecule has 1 heterocycles. The van der Waals surface area contributed by atoms with Gasteiger partial charge >= 0.3 is 5.97 Å². The van der Waals surface area contributed by atoms with E-state index in [9.17, 15) is 40.5 Å². The highest BCUT2D eigenvalue weighted by Crippen LogP contribution is 2.76. The van der Waals surface area contributed by atoms with Crippen LogP contribution in [0.25, 0.3) is 0 Å². The van der Waals surface area contributed by atoms with Gasteiger partial charge in [0, 0.05) is 0 Å². The van der Waals surface area contributed by atoms with E-state index in [1.165, 1.54) is 5.57 Å². The minimum Gasteiger partial charge on any atom is -0.481 e. The van der Waals surface area contributed by atoms with Crippen molar-refractivity contribution >= 4 is 5.97 Å². The van der Waals surface area contributed by atoms with Crippen LogP contribution < -0.4 is 0 Å². The molecule has 0 aromatic heterocycles. The summed E-state index contributed by atoms with van der Waals surface area (Å²) in [6.07, 6.45) is -1.61. The first-order chi connectivity index (χ1) is 21.2. The molecule has 262 valence electrons. The molecule has 10 nitrogen and oxygen atoms in total. The van der Waals surface area contributed by atoms with E-state index in [0.717, 1.165) is 19.3 Å². The van der Waals surface area contributed by atoms with Gasteiger partial charge in [-0.3, -0.25) is 4.79 Å². The lowest BCUT2D eigenvalue weighted by atomic mass is 9.33. The first-order valence-electron chi connectivity index (χ1n) is 17.5. The van der Waals surface area contributed by atoms with E-state index in [0.29, 0.717) is 25.7 Å². The van der Waals surface area contributed by atoms with E-state index in [4.69, 9.17) is 9.47 Å². The number of aliphatic hydroxyl groups excluding tert-OH is 6. The molecule has 10 heteroatoms. The molecule has 15 atom stereocenters. The number of allylic oxidation sites excluding steroid dienone is 2. The Kier molecular flexibility index (Phi) is 8.27. The first-order valence-corrected chi connectivity index (χ1v) is 17.5. The molecule has 0 aromatic rings. The summed E-state index contributed by atoms with van der Waals surface area (Å²) in [7, 11) is 0. The standard InChI is InChI=1S/C36H58O10/c1-31(2)14-19-18-8-9-23-33(5)15-20(38)28(42)32(3,4)22(33)10-11-35(23,7)34(18,6)12-13-36(19,30(43)44)16-24(31)46-29-27(41)26(40)25(39)21(17-37)45-29/h8,19-29,37-42H,9-17H2,1-7H3,(H,43,44). The lowest BCUT2D eigenvalue weighted by Crippen LogP contribution is -2.67. The Balaban J connectivity index is 1.34. The van der Waals surface area contributed by atoms with Gasteiger partial charge in [-0.25, -0.2) is 0 Å². The number of aliphatic hydroxyl groups is 6. The molecule has 5 aliphatic carbocycles. The molecule has 0 radical (unpaired) electrons. The molecule has 7 N–H and O–H groups in total. The van der Waals surface area contributed by atoms with Crippen molar-refractivity contribution in [2.45, 2.75) is 149 Å². The molecule has 1 saturated heterocycles. The lowest BCUT2D eigenvalue weighted by molar-refractivity contribution is -0.325. The van der Waals surface area contributed by atoms with Crippen molar-refractivity contribution in [1.82, 2.24) is 0 Å². The normalized spacial score (nSPS) is 54.4. The highest BCUT2D eigenvalue weighted by molar-refractivity contribution is 5.77. The highest BCUT2D eigenvalue weighted by atomic mass is 16.7. The van der Waals surface area contributed by atoms with E-state index >= 15 is 0 Å². The molecule has 4 saturated carbocycles. The van der Waals surface area contributed by atoms with E-state index in [-0.39, 0.29) is 40.4 Å². The largest absolute Gasteiger partial charge is 0.481 e. The zero-order valence-electron chi connectivity index (χ0n) is 28.6. The first kappa shape index (κ1) is 34.7. The fourth-order valence-corrected chi connectivity index (χ4v) is 12.3. The van der Waals surface area contributed by atoms with E-state index in [1.54, 1.807) is 0 Å². The van der Waals surface area contributed by atoms with E-state index < -0.39 is 77.8 Å². The Morgan fingerprint density at radius 2 is 1.57 bits per heavy atom. The van der Waals surface area contributed by atoms with E-state index in [2.05, 4.69) is 54.5 Å². The molecular weight excluding hydrogens is 592 g/mol. The van der Waals surface area contributed by atoms with E-state index in [1.807, 2.05) is 0 Å². The quantitative estimate of drug-likeness (QED) is 0.177. The monoisotopic (exact) mass is 650 g/mol. The van der Waals surface area contributed by atoms with Crippen LogP contribution in [0.1, 0.15) is 99.8 Å². The van der Waals surface area contributed by atoms with Crippen LogP contribution in [-0.2, 0) is 14.3 Å². The maximum Gasteiger partial charge on any atom is 0.310 e. The van der Waals surface area contributed by atoms with Crippen molar-refractivity contribution in [2.75, 3.05) is 6.61 Å². The van der Waals surface area contributed by atoms with Crippen molar-refractivity contribution in [2.24, 2.45) is 50.2 Å². The number of fused-ring (bicyclic) bond motifs is 7. The molecule has 0 spiro atoms. The maximum absolute atomic E-state index is 13.4.